The van der Waals surface area contributed by atoms with E-state index in [-0.39, 0.29) is 5.91 Å². The molecule has 0 radical (unpaired) electrons. The maximum atomic E-state index is 13.2. The van der Waals surface area contributed by atoms with E-state index in [1.165, 1.54) is 0 Å². The van der Waals surface area contributed by atoms with E-state index in [9.17, 15) is 4.79 Å². The molecule has 1 amide bonds. The summed E-state index contributed by atoms with van der Waals surface area (Å²) in [6.45, 7) is 3.78. The molecule has 28 heavy (non-hydrogen) atoms. The van der Waals surface area contributed by atoms with Crippen molar-refractivity contribution in [3.05, 3.63) is 64.9 Å². The van der Waals surface area contributed by atoms with Crippen molar-refractivity contribution in [2.45, 2.75) is 19.9 Å². The third-order valence-electron chi connectivity index (χ3n) is 4.65. The quantitative estimate of drug-likeness (QED) is 0.672. The molecule has 3 rings (SSSR count). The van der Waals surface area contributed by atoms with Gasteiger partial charge in [-0.2, -0.15) is 0 Å². The summed E-state index contributed by atoms with van der Waals surface area (Å²) in [5.74, 6) is 1.08. The summed E-state index contributed by atoms with van der Waals surface area (Å²) in [5, 5.41) is 9.67. The molecule has 0 aromatic heterocycles. The highest BCUT2D eigenvalue weighted by Gasteiger charge is 2.32. The molecule has 146 valence electrons. The summed E-state index contributed by atoms with van der Waals surface area (Å²) in [6, 6.07) is 12.6. The van der Waals surface area contributed by atoms with Crippen molar-refractivity contribution in [1.29, 1.82) is 0 Å². The first-order chi connectivity index (χ1) is 13.4. The first-order valence-electron chi connectivity index (χ1n) is 8.81. The average Bonchev–Trinajstić information content (AvgIpc) is 2.68. The predicted octanol–water partition coefficient (Wildman–Crippen LogP) is 3.44. The van der Waals surface area contributed by atoms with Crippen molar-refractivity contribution in [2.75, 3.05) is 19.5 Å². The highest BCUT2D eigenvalue weighted by molar-refractivity contribution is 7.80. The molecule has 0 aliphatic carbocycles. The summed E-state index contributed by atoms with van der Waals surface area (Å²) in [6.07, 6.45) is 0. The van der Waals surface area contributed by atoms with E-state index in [0.29, 0.717) is 27.9 Å². The Hall–Kier alpha value is -3.06. The van der Waals surface area contributed by atoms with Crippen molar-refractivity contribution in [3.63, 3.8) is 0 Å². The Kier molecular flexibility index (Phi) is 5.84. The van der Waals surface area contributed by atoms with E-state index < -0.39 is 6.04 Å². The minimum Gasteiger partial charge on any atom is -0.497 e. The van der Waals surface area contributed by atoms with Crippen LogP contribution in [-0.2, 0) is 4.79 Å². The van der Waals surface area contributed by atoms with Crippen LogP contribution in [0.25, 0.3) is 0 Å². The smallest absolute Gasteiger partial charge is 0.255 e. The van der Waals surface area contributed by atoms with Gasteiger partial charge in [0.25, 0.3) is 5.91 Å². The molecule has 1 heterocycles. The van der Waals surface area contributed by atoms with Crippen molar-refractivity contribution in [3.8, 4) is 11.5 Å². The van der Waals surface area contributed by atoms with Gasteiger partial charge in [-0.3, -0.25) is 4.79 Å². The number of rotatable bonds is 5. The van der Waals surface area contributed by atoms with Gasteiger partial charge in [0.15, 0.2) is 5.11 Å². The summed E-state index contributed by atoms with van der Waals surface area (Å²) < 4.78 is 10.9. The summed E-state index contributed by atoms with van der Waals surface area (Å²) in [7, 11) is 3.19. The number of nitrogens with one attached hydrogen (secondary N) is 3. The number of aryl methyl sites for hydroxylation is 1. The molecule has 0 unspecified atom stereocenters. The first kappa shape index (κ1) is 19.7. The minimum atomic E-state index is -0.484. The van der Waals surface area contributed by atoms with Gasteiger partial charge >= 0.3 is 0 Å². The fraction of sp³-hybridized carbons (Fsp3) is 0.238. The zero-order valence-corrected chi connectivity index (χ0v) is 17.1. The van der Waals surface area contributed by atoms with E-state index in [2.05, 4.69) is 16.0 Å². The fourth-order valence-electron chi connectivity index (χ4n) is 3.20. The van der Waals surface area contributed by atoms with Crippen LogP contribution in [0, 0.1) is 6.92 Å². The molecule has 3 N–H and O–H groups in total. The molecule has 6 nitrogen and oxygen atoms in total. The highest BCUT2D eigenvalue weighted by atomic mass is 32.1. The molecule has 0 fully saturated rings. The van der Waals surface area contributed by atoms with Crippen molar-refractivity contribution in [1.82, 2.24) is 10.6 Å². The number of methoxy groups -OCH3 is 2. The van der Waals surface area contributed by atoms with Crippen LogP contribution in [0.4, 0.5) is 5.69 Å². The Labute approximate surface area is 169 Å². The highest BCUT2D eigenvalue weighted by Crippen LogP contribution is 2.36. The topological polar surface area (TPSA) is 71.6 Å². The van der Waals surface area contributed by atoms with Gasteiger partial charge in [-0.15, -0.1) is 0 Å². The van der Waals surface area contributed by atoms with Crippen molar-refractivity contribution >= 4 is 28.9 Å². The van der Waals surface area contributed by atoms with E-state index in [1.807, 2.05) is 56.3 Å². The third kappa shape index (κ3) is 3.94. The third-order valence-corrected chi connectivity index (χ3v) is 4.87. The van der Waals surface area contributed by atoms with Crippen LogP contribution in [0.1, 0.15) is 24.1 Å². The lowest BCUT2D eigenvalue weighted by Gasteiger charge is -2.31. The predicted molar refractivity (Wildman–Crippen MR) is 114 cm³/mol. The second-order valence-electron chi connectivity index (χ2n) is 6.45. The SMILES string of the molecule is COc1ccc(OC)c([C@H]2NC(=S)NC(C)=C2C(=O)Nc2ccccc2C)c1. The molecular weight excluding hydrogens is 374 g/mol. The van der Waals surface area contributed by atoms with Gasteiger partial charge in [-0.1, -0.05) is 18.2 Å². The number of hydrogen-bond acceptors (Lipinski definition) is 4. The van der Waals surface area contributed by atoms with E-state index >= 15 is 0 Å². The maximum absolute atomic E-state index is 13.2. The van der Waals surface area contributed by atoms with Gasteiger partial charge in [0.2, 0.25) is 0 Å². The molecule has 0 saturated heterocycles. The number of benzene rings is 2. The number of carbonyl (C=O) groups excluding carboxylic acids is 1. The van der Waals surface area contributed by atoms with E-state index in [4.69, 9.17) is 21.7 Å². The van der Waals surface area contributed by atoms with Crippen LogP contribution in [-0.4, -0.2) is 25.2 Å². The molecule has 0 spiro atoms. The number of ether oxygens (including phenoxy) is 2. The Morgan fingerprint density at radius 3 is 2.54 bits per heavy atom. The standard InChI is InChI=1S/C21H23N3O3S/c1-12-7-5-6-8-16(12)23-20(25)18-13(2)22-21(28)24-19(18)15-11-14(26-3)9-10-17(15)27-4/h5-11,19H,1-4H3,(H,23,25)(H2,22,24,28)/t19-/m1/s1. The van der Waals surface area contributed by atoms with Crippen LogP contribution < -0.4 is 25.4 Å². The maximum Gasteiger partial charge on any atom is 0.255 e. The Morgan fingerprint density at radius 1 is 1.11 bits per heavy atom. The van der Waals surface area contributed by atoms with Gasteiger partial charge in [-0.05, 0) is 55.9 Å². The van der Waals surface area contributed by atoms with Gasteiger partial charge in [0.05, 0.1) is 25.8 Å². The molecule has 0 bridgehead atoms. The molecule has 7 heteroatoms. The van der Waals surface area contributed by atoms with Crippen molar-refractivity contribution in [2.24, 2.45) is 0 Å². The fourth-order valence-corrected chi connectivity index (χ4v) is 3.47. The number of amides is 1. The minimum absolute atomic E-state index is 0.218. The first-order valence-corrected chi connectivity index (χ1v) is 9.22. The van der Waals surface area contributed by atoms with Gasteiger partial charge in [0.1, 0.15) is 11.5 Å². The average molecular weight is 398 g/mol. The molecule has 1 aliphatic rings. The molecule has 2 aromatic carbocycles. The molecular formula is C21H23N3O3S. The molecule has 1 atom stereocenters. The molecule has 2 aromatic rings. The van der Waals surface area contributed by atoms with Gasteiger partial charge < -0.3 is 25.4 Å². The summed E-state index contributed by atoms with van der Waals surface area (Å²) in [5.41, 5.74) is 3.72. The number of thiocarbonyl (C=S) groups is 1. The summed E-state index contributed by atoms with van der Waals surface area (Å²) in [4.78, 5) is 13.2. The molecule has 1 aliphatic heterocycles. The van der Waals surface area contributed by atoms with Crippen LogP contribution in [0.3, 0.4) is 0 Å². The largest absolute Gasteiger partial charge is 0.497 e. The summed E-state index contributed by atoms with van der Waals surface area (Å²) >= 11 is 5.33. The number of carbonyl (C=O) groups is 1. The number of para-hydroxylation sites is 1. The van der Waals surface area contributed by atoms with Gasteiger partial charge in [0, 0.05) is 16.9 Å². The lowest BCUT2D eigenvalue weighted by Crippen LogP contribution is -2.45. The lowest BCUT2D eigenvalue weighted by molar-refractivity contribution is -0.113. The Morgan fingerprint density at radius 2 is 1.86 bits per heavy atom. The van der Waals surface area contributed by atoms with Crippen LogP contribution in [0.15, 0.2) is 53.7 Å². The second kappa shape index (κ2) is 8.31. The van der Waals surface area contributed by atoms with Crippen LogP contribution in [0.5, 0.6) is 11.5 Å². The number of anilines is 1. The normalized spacial score (nSPS) is 16.1. The Balaban J connectivity index is 2.04. The number of allylic oxidation sites excluding steroid dienone is 1. The van der Waals surface area contributed by atoms with Crippen molar-refractivity contribution < 1.29 is 14.3 Å². The van der Waals surface area contributed by atoms with Crippen LogP contribution in [0.2, 0.25) is 0 Å². The van der Waals surface area contributed by atoms with E-state index in [1.54, 1.807) is 14.2 Å². The second-order valence-corrected chi connectivity index (χ2v) is 6.86. The number of hydrogen-bond donors (Lipinski definition) is 3. The van der Waals surface area contributed by atoms with Crippen LogP contribution >= 0.6 is 12.2 Å². The van der Waals surface area contributed by atoms with Gasteiger partial charge in [-0.25, -0.2) is 0 Å². The molecule has 0 saturated carbocycles. The van der Waals surface area contributed by atoms with E-state index in [0.717, 1.165) is 16.8 Å². The zero-order valence-electron chi connectivity index (χ0n) is 16.3. The monoisotopic (exact) mass is 397 g/mol. The lowest BCUT2D eigenvalue weighted by atomic mass is 9.93. The Bertz CT molecular complexity index is 956. The zero-order chi connectivity index (χ0) is 20.3.